The van der Waals surface area contributed by atoms with Gasteiger partial charge < -0.3 is 10.1 Å². The molecule has 1 heterocycles. The summed E-state index contributed by atoms with van der Waals surface area (Å²) in [7, 11) is 0. The molecule has 0 radical (unpaired) electrons. The predicted molar refractivity (Wildman–Crippen MR) is 74.3 cm³/mol. The summed E-state index contributed by atoms with van der Waals surface area (Å²) in [6, 6.07) is 2.06. The SMILES string of the molecule is CCC(C)NC(=O)COc1ccnc2c1CCCC2. The zero-order chi connectivity index (χ0) is 13.7. The third-order valence-electron chi connectivity index (χ3n) is 3.57. The molecule has 0 bridgehead atoms. The lowest BCUT2D eigenvalue weighted by atomic mass is 9.95. The van der Waals surface area contributed by atoms with Gasteiger partial charge in [-0.25, -0.2) is 0 Å². The molecule has 0 aliphatic heterocycles. The van der Waals surface area contributed by atoms with Crippen molar-refractivity contribution in [2.45, 2.75) is 52.0 Å². The summed E-state index contributed by atoms with van der Waals surface area (Å²) < 4.78 is 5.66. The lowest BCUT2D eigenvalue weighted by Crippen LogP contribution is -2.35. The van der Waals surface area contributed by atoms with E-state index in [2.05, 4.69) is 10.3 Å². The minimum absolute atomic E-state index is 0.0595. The molecule has 4 heteroatoms. The minimum Gasteiger partial charge on any atom is -0.483 e. The third kappa shape index (κ3) is 3.69. The Balaban J connectivity index is 1.94. The monoisotopic (exact) mass is 262 g/mol. The van der Waals surface area contributed by atoms with Crippen molar-refractivity contribution in [1.82, 2.24) is 10.3 Å². The van der Waals surface area contributed by atoms with Crippen LogP contribution in [0, 0.1) is 0 Å². The number of nitrogens with zero attached hydrogens (tertiary/aromatic N) is 1. The zero-order valence-corrected chi connectivity index (χ0v) is 11.7. The van der Waals surface area contributed by atoms with Gasteiger partial charge in [0.15, 0.2) is 6.61 Å². The van der Waals surface area contributed by atoms with Crippen LogP contribution in [0.4, 0.5) is 0 Å². The van der Waals surface area contributed by atoms with Crippen LogP contribution >= 0.6 is 0 Å². The van der Waals surface area contributed by atoms with Gasteiger partial charge in [0.25, 0.3) is 5.91 Å². The maximum atomic E-state index is 11.7. The number of hydrogen-bond acceptors (Lipinski definition) is 3. The second-order valence-electron chi connectivity index (χ2n) is 5.11. The van der Waals surface area contributed by atoms with Crippen LogP contribution in [-0.4, -0.2) is 23.5 Å². The topological polar surface area (TPSA) is 51.2 Å². The van der Waals surface area contributed by atoms with E-state index >= 15 is 0 Å². The fourth-order valence-electron chi connectivity index (χ4n) is 2.29. The molecule has 0 saturated heterocycles. The Morgan fingerprint density at radius 2 is 2.26 bits per heavy atom. The van der Waals surface area contributed by atoms with E-state index in [1.54, 1.807) is 6.20 Å². The highest BCUT2D eigenvalue weighted by Gasteiger charge is 2.16. The molecule has 4 nitrogen and oxygen atoms in total. The van der Waals surface area contributed by atoms with Crippen LogP contribution in [0.2, 0.25) is 0 Å². The smallest absolute Gasteiger partial charge is 0.258 e. The quantitative estimate of drug-likeness (QED) is 0.885. The summed E-state index contributed by atoms with van der Waals surface area (Å²) in [5.74, 6) is 0.764. The highest BCUT2D eigenvalue weighted by molar-refractivity contribution is 5.77. The van der Waals surface area contributed by atoms with E-state index in [1.165, 1.54) is 18.4 Å². The first kappa shape index (κ1) is 13.8. The number of carbonyl (C=O) groups excluding carboxylic acids is 1. The molecule has 1 atom stereocenters. The normalized spacial score (nSPS) is 15.5. The molecule has 1 amide bonds. The van der Waals surface area contributed by atoms with Crippen molar-refractivity contribution in [3.63, 3.8) is 0 Å². The van der Waals surface area contributed by atoms with Crippen LogP contribution in [0.25, 0.3) is 0 Å². The highest BCUT2D eigenvalue weighted by Crippen LogP contribution is 2.27. The Bertz CT molecular complexity index is 446. The number of ether oxygens (including phenoxy) is 1. The van der Waals surface area contributed by atoms with E-state index in [1.807, 2.05) is 19.9 Å². The molecule has 1 N–H and O–H groups in total. The lowest BCUT2D eigenvalue weighted by Gasteiger charge is -2.18. The van der Waals surface area contributed by atoms with Crippen LogP contribution in [0.1, 0.15) is 44.4 Å². The molecule has 104 valence electrons. The van der Waals surface area contributed by atoms with Gasteiger partial charge in [0, 0.05) is 23.5 Å². The Kier molecular flexibility index (Phi) is 4.77. The maximum Gasteiger partial charge on any atom is 0.258 e. The van der Waals surface area contributed by atoms with E-state index in [9.17, 15) is 4.79 Å². The van der Waals surface area contributed by atoms with Gasteiger partial charge in [-0.2, -0.15) is 0 Å². The first-order valence-corrected chi connectivity index (χ1v) is 7.09. The van der Waals surface area contributed by atoms with Crippen molar-refractivity contribution in [2.75, 3.05) is 6.61 Å². The lowest BCUT2D eigenvalue weighted by molar-refractivity contribution is -0.123. The number of aryl methyl sites for hydroxylation is 1. The summed E-state index contributed by atoms with van der Waals surface area (Å²) in [6.45, 7) is 4.12. The zero-order valence-electron chi connectivity index (χ0n) is 11.7. The molecule has 0 saturated carbocycles. The molecule has 0 spiro atoms. The van der Waals surface area contributed by atoms with E-state index in [0.29, 0.717) is 0 Å². The summed E-state index contributed by atoms with van der Waals surface area (Å²) in [6.07, 6.45) is 7.09. The molecule has 1 unspecified atom stereocenters. The van der Waals surface area contributed by atoms with Gasteiger partial charge in [-0.15, -0.1) is 0 Å². The third-order valence-corrected chi connectivity index (χ3v) is 3.57. The van der Waals surface area contributed by atoms with Crippen LogP contribution in [-0.2, 0) is 17.6 Å². The van der Waals surface area contributed by atoms with Gasteiger partial charge in [-0.05, 0) is 45.1 Å². The molecular weight excluding hydrogens is 240 g/mol. The molecule has 1 aromatic rings. The molecule has 0 fully saturated rings. The van der Waals surface area contributed by atoms with E-state index in [0.717, 1.165) is 30.7 Å². The molecule has 1 aromatic heterocycles. The first-order valence-electron chi connectivity index (χ1n) is 7.09. The van der Waals surface area contributed by atoms with Crippen LogP contribution in [0.5, 0.6) is 5.75 Å². The summed E-state index contributed by atoms with van der Waals surface area (Å²) in [5, 5.41) is 2.90. The number of fused-ring (bicyclic) bond motifs is 1. The summed E-state index contributed by atoms with van der Waals surface area (Å²) >= 11 is 0. The van der Waals surface area contributed by atoms with Crippen molar-refractivity contribution in [3.05, 3.63) is 23.5 Å². The van der Waals surface area contributed by atoms with E-state index in [4.69, 9.17) is 4.74 Å². The van der Waals surface area contributed by atoms with Crippen LogP contribution in [0.3, 0.4) is 0 Å². The van der Waals surface area contributed by atoms with Gasteiger partial charge >= 0.3 is 0 Å². The fourth-order valence-corrected chi connectivity index (χ4v) is 2.29. The number of hydrogen-bond donors (Lipinski definition) is 1. The summed E-state index contributed by atoms with van der Waals surface area (Å²) in [5.41, 5.74) is 2.32. The molecule has 2 rings (SSSR count). The Hall–Kier alpha value is -1.58. The molecule has 0 aromatic carbocycles. The first-order chi connectivity index (χ1) is 9.20. The average molecular weight is 262 g/mol. The van der Waals surface area contributed by atoms with E-state index in [-0.39, 0.29) is 18.6 Å². The second kappa shape index (κ2) is 6.55. The Labute approximate surface area is 114 Å². The minimum atomic E-state index is -0.0595. The van der Waals surface area contributed by atoms with Gasteiger partial charge in [-0.1, -0.05) is 6.92 Å². The van der Waals surface area contributed by atoms with Crippen molar-refractivity contribution >= 4 is 5.91 Å². The number of carbonyl (C=O) groups is 1. The van der Waals surface area contributed by atoms with Crippen molar-refractivity contribution in [2.24, 2.45) is 0 Å². The van der Waals surface area contributed by atoms with E-state index < -0.39 is 0 Å². The predicted octanol–water partition coefficient (Wildman–Crippen LogP) is 2.25. The van der Waals surface area contributed by atoms with Crippen molar-refractivity contribution < 1.29 is 9.53 Å². The van der Waals surface area contributed by atoms with Gasteiger partial charge in [-0.3, -0.25) is 9.78 Å². The van der Waals surface area contributed by atoms with Crippen molar-refractivity contribution in [3.8, 4) is 5.75 Å². The fraction of sp³-hybridized carbons (Fsp3) is 0.600. The van der Waals surface area contributed by atoms with Crippen LogP contribution in [0.15, 0.2) is 12.3 Å². The average Bonchev–Trinajstić information content (AvgIpc) is 2.44. The highest BCUT2D eigenvalue weighted by atomic mass is 16.5. The second-order valence-corrected chi connectivity index (χ2v) is 5.11. The number of rotatable bonds is 5. The Morgan fingerprint density at radius 1 is 1.47 bits per heavy atom. The summed E-state index contributed by atoms with van der Waals surface area (Å²) in [4.78, 5) is 16.1. The van der Waals surface area contributed by atoms with Crippen molar-refractivity contribution in [1.29, 1.82) is 0 Å². The molecular formula is C15H22N2O2. The largest absolute Gasteiger partial charge is 0.483 e. The maximum absolute atomic E-state index is 11.7. The Morgan fingerprint density at radius 3 is 3.05 bits per heavy atom. The van der Waals surface area contributed by atoms with Crippen LogP contribution < -0.4 is 10.1 Å². The van der Waals surface area contributed by atoms with Gasteiger partial charge in [0.05, 0.1) is 0 Å². The number of aromatic nitrogens is 1. The molecule has 1 aliphatic carbocycles. The number of nitrogens with one attached hydrogen (secondary N) is 1. The van der Waals surface area contributed by atoms with Gasteiger partial charge in [0.1, 0.15) is 5.75 Å². The van der Waals surface area contributed by atoms with Gasteiger partial charge in [0.2, 0.25) is 0 Å². The number of pyridine rings is 1. The standard InChI is InChI=1S/C15H22N2O2/c1-3-11(2)17-15(18)10-19-14-8-9-16-13-7-5-4-6-12(13)14/h8-9,11H,3-7,10H2,1-2H3,(H,17,18). The molecule has 1 aliphatic rings. The molecule has 19 heavy (non-hydrogen) atoms. The number of amides is 1.